The third kappa shape index (κ3) is 15.0. The lowest BCUT2D eigenvalue weighted by molar-refractivity contribution is -0.116. The number of hydrogen-bond donors (Lipinski definition) is 4. The monoisotopic (exact) mass is 566 g/mol. The van der Waals surface area contributed by atoms with Crippen LogP contribution in [-0.4, -0.2) is 85.7 Å². The number of nitrogens with zero attached hydrogens (tertiary/aromatic N) is 1. The Labute approximate surface area is 232 Å². The van der Waals surface area contributed by atoms with Crippen molar-refractivity contribution in [2.24, 2.45) is 0 Å². The van der Waals surface area contributed by atoms with E-state index in [-0.39, 0.29) is 36.4 Å². The number of aryl methyl sites for hydroxylation is 1. The van der Waals surface area contributed by atoms with Crippen molar-refractivity contribution in [3.8, 4) is 0 Å². The van der Waals surface area contributed by atoms with E-state index in [1.165, 1.54) is 12.3 Å². The van der Waals surface area contributed by atoms with E-state index in [9.17, 15) is 27.5 Å². The number of nitrogens with one attached hydrogen (secondary N) is 3. The van der Waals surface area contributed by atoms with Crippen LogP contribution < -0.4 is 10.6 Å². The minimum Gasteiger partial charge on any atom is -0.390 e. The highest BCUT2D eigenvalue weighted by atomic mass is 32.2. The van der Waals surface area contributed by atoms with Crippen LogP contribution in [-0.2, 0) is 14.6 Å². The summed E-state index contributed by atoms with van der Waals surface area (Å²) in [6.45, 7) is 14.4. The van der Waals surface area contributed by atoms with E-state index >= 15 is 0 Å². The Morgan fingerprint density at radius 3 is 2.31 bits per heavy atom. The van der Waals surface area contributed by atoms with Crippen molar-refractivity contribution in [1.29, 1.82) is 0 Å². The fraction of sp³-hybridized carbons (Fsp3) is 0.429. The zero-order valence-corrected chi connectivity index (χ0v) is 24.2. The van der Waals surface area contributed by atoms with E-state index < -0.39 is 22.6 Å². The lowest BCUT2D eigenvalue weighted by Crippen LogP contribution is -2.46. The molecule has 1 unspecified atom stereocenters. The Kier molecular flexibility index (Phi) is 18.1. The number of halogens is 1. The third-order valence-corrected chi connectivity index (χ3v) is 6.64. The molecule has 11 heteroatoms. The second kappa shape index (κ2) is 19.7. The second-order valence-electron chi connectivity index (χ2n) is 8.52. The number of H-pyrrole nitrogens is 1. The molecule has 0 aromatic carbocycles. The fourth-order valence-corrected chi connectivity index (χ4v) is 4.56. The zero-order chi connectivity index (χ0) is 29.8. The number of allylic oxidation sites excluding steroid dienone is 4. The SMILES string of the molecule is C/C=C/NC(=O)C(=C\c1[nH]c(C)cc1C(=O)NCC(O)CN1CCS(=O)(=O)CC1)/C=C/C.C=CC.C=CCF. The number of rotatable bonds is 10. The molecule has 9 nitrogen and oxygen atoms in total. The van der Waals surface area contributed by atoms with Gasteiger partial charge in [0, 0.05) is 37.4 Å². The molecule has 1 saturated heterocycles. The van der Waals surface area contributed by atoms with Crippen LogP contribution in [0.4, 0.5) is 4.39 Å². The van der Waals surface area contributed by atoms with Crippen molar-refractivity contribution < 1.29 is 27.5 Å². The first-order valence-corrected chi connectivity index (χ1v) is 14.4. The highest BCUT2D eigenvalue weighted by Gasteiger charge is 2.23. The van der Waals surface area contributed by atoms with Crippen molar-refractivity contribution in [2.45, 2.75) is 33.8 Å². The average Bonchev–Trinajstić information content (AvgIpc) is 3.27. The molecule has 2 amide bonds. The maximum absolute atomic E-state index is 12.7. The molecule has 4 N–H and O–H groups in total. The summed E-state index contributed by atoms with van der Waals surface area (Å²) in [7, 11) is -2.98. The van der Waals surface area contributed by atoms with Gasteiger partial charge in [-0.05, 0) is 46.0 Å². The predicted octanol–water partition coefficient (Wildman–Crippen LogP) is 3.09. The van der Waals surface area contributed by atoms with Crippen molar-refractivity contribution >= 4 is 27.7 Å². The van der Waals surface area contributed by atoms with Crippen molar-refractivity contribution in [3.63, 3.8) is 0 Å². The maximum Gasteiger partial charge on any atom is 0.255 e. The average molecular weight is 567 g/mol. The molecular weight excluding hydrogens is 523 g/mol. The van der Waals surface area contributed by atoms with Gasteiger partial charge in [0.15, 0.2) is 9.84 Å². The fourth-order valence-electron chi connectivity index (χ4n) is 3.28. The van der Waals surface area contributed by atoms with Gasteiger partial charge in [0.1, 0.15) is 6.67 Å². The molecule has 0 spiro atoms. The second-order valence-corrected chi connectivity index (χ2v) is 10.8. The standard InChI is InChI=1S/C22H32N4O5S.C3H5F.C3H6/c1-4-6-17(21(28)23-7-5-2)13-20-19(12-16(3)25-20)22(29)24-14-18(27)15-26-8-10-32(30,31)11-9-26;1-2-3-4;1-3-2/h4-7,12-13,18,25,27H,8-11,14-15H2,1-3H3,(H,23,28)(H,24,29);2H,1,3H2;3H,1H2,2H3/b6-4+,7-5+,17-13-;;. The van der Waals surface area contributed by atoms with Crippen molar-refractivity contribution in [2.75, 3.05) is 44.4 Å². The number of carbonyl (C=O) groups is 2. The lowest BCUT2D eigenvalue weighted by Gasteiger charge is -2.28. The maximum atomic E-state index is 12.7. The highest BCUT2D eigenvalue weighted by molar-refractivity contribution is 7.91. The Bertz CT molecular complexity index is 1110. The largest absolute Gasteiger partial charge is 0.390 e. The quantitative estimate of drug-likeness (QED) is 0.196. The Balaban J connectivity index is 0.00000185. The molecule has 39 heavy (non-hydrogen) atoms. The smallest absolute Gasteiger partial charge is 0.255 e. The molecule has 0 radical (unpaired) electrons. The molecule has 218 valence electrons. The Morgan fingerprint density at radius 2 is 1.79 bits per heavy atom. The highest BCUT2D eigenvalue weighted by Crippen LogP contribution is 2.16. The summed E-state index contributed by atoms with van der Waals surface area (Å²) >= 11 is 0. The Hall–Kier alpha value is -3.28. The molecule has 0 bridgehead atoms. The number of amides is 2. The number of aliphatic hydroxyl groups is 1. The molecule has 1 aromatic rings. The summed E-state index contributed by atoms with van der Waals surface area (Å²) < 4.78 is 33.6. The number of sulfone groups is 1. The van der Waals surface area contributed by atoms with Crippen LogP contribution in [0.15, 0.2) is 61.4 Å². The summed E-state index contributed by atoms with van der Waals surface area (Å²) in [5.74, 6) is -0.519. The summed E-state index contributed by atoms with van der Waals surface area (Å²) in [6, 6.07) is 1.68. The third-order valence-electron chi connectivity index (χ3n) is 5.03. The number of aromatic nitrogens is 1. The van der Waals surface area contributed by atoms with Crippen LogP contribution in [0.1, 0.15) is 42.5 Å². The first-order valence-electron chi connectivity index (χ1n) is 12.6. The number of aromatic amines is 1. The van der Waals surface area contributed by atoms with Gasteiger partial charge in [-0.2, -0.15) is 0 Å². The van der Waals surface area contributed by atoms with Crippen LogP contribution in [0.3, 0.4) is 0 Å². The van der Waals surface area contributed by atoms with Gasteiger partial charge in [-0.3, -0.25) is 14.5 Å². The molecule has 0 saturated carbocycles. The molecule has 1 aromatic heterocycles. The van der Waals surface area contributed by atoms with Crippen LogP contribution >= 0.6 is 0 Å². The van der Waals surface area contributed by atoms with Crippen molar-refractivity contribution in [1.82, 2.24) is 20.5 Å². The number of aliphatic hydroxyl groups excluding tert-OH is 1. The number of carbonyl (C=O) groups excluding carboxylic acids is 2. The number of alkyl halides is 1. The molecule has 1 fully saturated rings. The summed E-state index contributed by atoms with van der Waals surface area (Å²) in [5, 5.41) is 15.6. The molecule has 2 heterocycles. The zero-order valence-electron chi connectivity index (χ0n) is 23.4. The summed E-state index contributed by atoms with van der Waals surface area (Å²) in [4.78, 5) is 30.1. The van der Waals surface area contributed by atoms with Gasteiger partial charge in [0.05, 0.1) is 28.9 Å². The van der Waals surface area contributed by atoms with E-state index in [1.807, 2.05) is 18.7 Å². The summed E-state index contributed by atoms with van der Waals surface area (Å²) in [5.41, 5.74) is 1.98. The number of hydrogen-bond acceptors (Lipinski definition) is 6. The van der Waals surface area contributed by atoms with E-state index in [4.69, 9.17) is 0 Å². The van der Waals surface area contributed by atoms with Gasteiger partial charge in [-0.1, -0.05) is 30.4 Å². The molecular formula is C28H43FN4O5S. The molecule has 0 aliphatic carbocycles. The van der Waals surface area contributed by atoms with Crippen LogP contribution in [0, 0.1) is 6.92 Å². The van der Waals surface area contributed by atoms with Gasteiger partial charge < -0.3 is 20.7 Å². The van der Waals surface area contributed by atoms with Crippen LogP contribution in [0.5, 0.6) is 0 Å². The first-order chi connectivity index (χ1) is 18.5. The van der Waals surface area contributed by atoms with Crippen LogP contribution in [0.25, 0.3) is 6.08 Å². The lowest BCUT2D eigenvalue weighted by atomic mass is 10.1. The van der Waals surface area contributed by atoms with E-state index in [0.29, 0.717) is 29.9 Å². The van der Waals surface area contributed by atoms with Crippen molar-refractivity contribution in [3.05, 3.63) is 78.3 Å². The number of β-amino-alcohol motifs (C(OH)–C–C–N with tert-alkyl or cyclic N) is 1. The predicted molar refractivity (Wildman–Crippen MR) is 157 cm³/mol. The minimum absolute atomic E-state index is 0.0268. The Morgan fingerprint density at radius 1 is 1.21 bits per heavy atom. The molecule has 2 rings (SSSR count). The minimum atomic E-state index is -2.98. The van der Waals surface area contributed by atoms with Gasteiger partial charge in [-0.25, -0.2) is 12.8 Å². The molecule has 1 atom stereocenters. The molecule has 1 aliphatic heterocycles. The van der Waals surface area contributed by atoms with E-state index in [2.05, 4.69) is 28.8 Å². The molecule has 1 aliphatic rings. The van der Waals surface area contributed by atoms with Gasteiger partial charge in [0.25, 0.3) is 11.8 Å². The van der Waals surface area contributed by atoms with E-state index in [1.54, 1.807) is 50.3 Å². The van der Waals surface area contributed by atoms with E-state index in [0.717, 1.165) is 5.69 Å². The van der Waals surface area contributed by atoms with Gasteiger partial charge in [-0.15, -0.1) is 13.2 Å². The first kappa shape index (κ1) is 35.7. The van der Waals surface area contributed by atoms with Crippen LogP contribution in [0.2, 0.25) is 0 Å². The summed E-state index contributed by atoms with van der Waals surface area (Å²) in [6.07, 6.45) is 10.4. The van der Waals surface area contributed by atoms with Gasteiger partial charge >= 0.3 is 0 Å². The topological polar surface area (TPSA) is 132 Å². The normalized spacial score (nSPS) is 15.9. The van der Waals surface area contributed by atoms with Gasteiger partial charge in [0.2, 0.25) is 0 Å².